The Morgan fingerprint density at radius 1 is 1.19 bits per heavy atom. The van der Waals surface area contributed by atoms with Crippen molar-refractivity contribution in [2.45, 2.75) is 38.0 Å². The second-order valence-corrected chi connectivity index (χ2v) is 8.44. The second kappa shape index (κ2) is 6.95. The van der Waals surface area contributed by atoms with Gasteiger partial charge in [0.1, 0.15) is 0 Å². The highest BCUT2D eigenvalue weighted by atomic mass is 32.1. The Kier molecular flexibility index (Phi) is 4.76. The van der Waals surface area contributed by atoms with E-state index in [0.717, 1.165) is 38.1 Å². The predicted molar refractivity (Wildman–Crippen MR) is 99.8 cm³/mol. The topological polar surface area (TPSA) is 32.3 Å². The molecule has 3 nitrogen and oxygen atoms in total. The van der Waals surface area contributed by atoms with Gasteiger partial charge in [-0.05, 0) is 68.6 Å². The van der Waals surface area contributed by atoms with Crippen LogP contribution in [0.2, 0.25) is 0 Å². The monoisotopic (exact) mass is 394 g/mol. The van der Waals surface area contributed by atoms with Crippen LogP contribution >= 0.6 is 11.3 Å². The van der Waals surface area contributed by atoms with Crippen LogP contribution in [0.25, 0.3) is 10.4 Å². The summed E-state index contributed by atoms with van der Waals surface area (Å²) in [6.45, 7) is 4.34. The molecule has 27 heavy (non-hydrogen) atoms. The van der Waals surface area contributed by atoms with E-state index in [1.807, 2.05) is 0 Å². The lowest BCUT2D eigenvalue weighted by molar-refractivity contribution is -0.137. The van der Waals surface area contributed by atoms with Gasteiger partial charge in [0.2, 0.25) is 0 Å². The minimum absolute atomic E-state index is 0.135. The van der Waals surface area contributed by atoms with Gasteiger partial charge in [-0.25, -0.2) is 0 Å². The van der Waals surface area contributed by atoms with Gasteiger partial charge < -0.3 is 5.32 Å². The van der Waals surface area contributed by atoms with Crippen molar-refractivity contribution in [2.24, 2.45) is 5.92 Å². The minimum atomic E-state index is -4.38. The van der Waals surface area contributed by atoms with Gasteiger partial charge in [-0.15, -0.1) is 11.3 Å². The van der Waals surface area contributed by atoms with Crippen LogP contribution in [0.1, 0.15) is 35.0 Å². The molecule has 3 aliphatic heterocycles. The molecule has 3 fully saturated rings. The molecule has 3 saturated heterocycles. The van der Waals surface area contributed by atoms with E-state index in [9.17, 15) is 18.0 Å². The number of nitrogens with one attached hydrogen (secondary N) is 1. The number of carbonyl (C=O) groups is 1. The Bertz CT molecular complexity index is 838. The fourth-order valence-corrected chi connectivity index (χ4v) is 5.14. The quantitative estimate of drug-likeness (QED) is 0.822. The van der Waals surface area contributed by atoms with Gasteiger partial charge in [0, 0.05) is 17.0 Å². The standard InChI is InChI=1S/C20H21F3N2OS/c1-12-18(13-7-9-25(12)10-8-13)24-19(26)17-6-5-16(27-17)14-3-2-4-15(11-14)20(21,22)23/h2-6,11-13,18H,7-10H2,1H3,(H,24,26)/t12-,18-/m0/s1. The third-order valence-corrected chi connectivity index (χ3v) is 6.91. The van der Waals surface area contributed by atoms with E-state index in [2.05, 4.69) is 17.1 Å². The lowest BCUT2D eigenvalue weighted by Crippen LogP contribution is -2.62. The first-order valence-electron chi connectivity index (χ1n) is 9.15. The van der Waals surface area contributed by atoms with Gasteiger partial charge in [-0.2, -0.15) is 13.2 Å². The number of hydrogen-bond acceptors (Lipinski definition) is 3. The van der Waals surface area contributed by atoms with Crippen LogP contribution in [0, 0.1) is 5.92 Å². The van der Waals surface area contributed by atoms with Gasteiger partial charge in [-0.1, -0.05) is 12.1 Å². The first-order chi connectivity index (χ1) is 12.8. The maximum atomic E-state index is 12.9. The highest BCUT2D eigenvalue weighted by Crippen LogP contribution is 2.35. The van der Waals surface area contributed by atoms with Crippen LogP contribution in [-0.4, -0.2) is 36.0 Å². The highest BCUT2D eigenvalue weighted by Gasteiger charge is 2.40. The molecule has 5 rings (SSSR count). The third-order valence-electron chi connectivity index (χ3n) is 5.78. The number of amides is 1. The molecule has 1 amide bonds. The average Bonchev–Trinajstić information content (AvgIpc) is 3.15. The maximum Gasteiger partial charge on any atom is 0.416 e. The Hall–Kier alpha value is -1.86. The Labute approximate surface area is 160 Å². The SMILES string of the molecule is C[C@H]1[C@H](NC(=O)c2ccc(-c3cccc(C(F)(F)F)c3)s2)C2CCN1CC2. The van der Waals surface area contributed by atoms with Crippen molar-refractivity contribution in [3.05, 3.63) is 46.8 Å². The summed E-state index contributed by atoms with van der Waals surface area (Å²) in [6.07, 6.45) is -2.16. The molecule has 3 aliphatic rings. The van der Waals surface area contributed by atoms with E-state index in [0.29, 0.717) is 27.3 Å². The molecule has 7 heteroatoms. The summed E-state index contributed by atoms with van der Waals surface area (Å²) in [5.74, 6) is 0.376. The van der Waals surface area contributed by atoms with Gasteiger partial charge in [0.05, 0.1) is 10.4 Å². The molecule has 0 aliphatic carbocycles. The zero-order valence-electron chi connectivity index (χ0n) is 14.9. The summed E-state index contributed by atoms with van der Waals surface area (Å²) in [5, 5.41) is 3.17. The van der Waals surface area contributed by atoms with Gasteiger partial charge in [0.25, 0.3) is 5.91 Å². The average molecular weight is 394 g/mol. The first-order valence-corrected chi connectivity index (χ1v) is 9.97. The van der Waals surface area contributed by atoms with Crippen LogP contribution in [0.4, 0.5) is 13.2 Å². The Morgan fingerprint density at radius 2 is 1.93 bits per heavy atom. The molecule has 1 N–H and O–H groups in total. The number of benzene rings is 1. The largest absolute Gasteiger partial charge is 0.416 e. The smallest absolute Gasteiger partial charge is 0.347 e. The molecule has 1 aromatic carbocycles. The number of alkyl halides is 3. The van der Waals surface area contributed by atoms with Gasteiger partial charge in [0.15, 0.2) is 0 Å². The van der Waals surface area contributed by atoms with Gasteiger partial charge >= 0.3 is 6.18 Å². The summed E-state index contributed by atoms with van der Waals surface area (Å²) >= 11 is 1.23. The minimum Gasteiger partial charge on any atom is -0.347 e. The molecule has 0 radical (unpaired) electrons. The molecule has 2 aromatic rings. The van der Waals surface area contributed by atoms with Crippen molar-refractivity contribution in [3.63, 3.8) is 0 Å². The van der Waals surface area contributed by atoms with E-state index in [4.69, 9.17) is 0 Å². The summed E-state index contributed by atoms with van der Waals surface area (Å²) in [7, 11) is 0. The second-order valence-electron chi connectivity index (χ2n) is 7.36. The predicted octanol–water partition coefficient (Wildman–Crippen LogP) is 4.65. The van der Waals surface area contributed by atoms with Crippen LogP contribution in [0.3, 0.4) is 0 Å². The Morgan fingerprint density at radius 3 is 2.59 bits per heavy atom. The van der Waals surface area contributed by atoms with E-state index in [-0.39, 0.29) is 11.9 Å². The number of thiophene rings is 1. The van der Waals surface area contributed by atoms with Crippen molar-refractivity contribution < 1.29 is 18.0 Å². The van der Waals surface area contributed by atoms with E-state index < -0.39 is 11.7 Å². The zero-order chi connectivity index (χ0) is 19.2. The summed E-state index contributed by atoms with van der Waals surface area (Å²) < 4.78 is 38.8. The lowest BCUT2D eigenvalue weighted by Gasteiger charge is -2.49. The lowest BCUT2D eigenvalue weighted by atomic mass is 9.79. The normalized spacial score (nSPS) is 27.6. The number of hydrogen-bond donors (Lipinski definition) is 1. The maximum absolute atomic E-state index is 12.9. The molecular formula is C20H21F3N2OS. The van der Waals surface area contributed by atoms with Gasteiger partial charge in [-0.3, -0.25) is 9.69 Å². The molecule has 144 valence electrons. The number of carbonyl (C=O) groups excluding carboxylic acids is 1. The number of rotatable bonds is 3. The Balaban J connectivity index is 1.50. The van der Waals surface area contributed by atoms with Crippen LogP contribution in [-0.2, 0) is 6.18 Å². The fraction of sp³-hybridized carbons (Fsp3) is 0.450. The number of fused-ring (bicyclic) bond motifs is 3. The van der Waals surface area contributed by atoms with Crippen molar-refractivity contribution in [2.75, 3.05) is 13.1 Å². The molecule has 2 bridgehead atoms. The summed E-state index contributed by atoms with van der Waals surface area (Å²) in [6, 6.07) is 9.09. The number of nitrogens with zero attached hydrogens (tertiary/aromatic N) is 1. The molecule has 2 atom stereocenters. The van der Waals surface area contributed by atoms with E-state index in [1.165, 1.54) is 17.4 Å². The van der Waals surface area contributed by atoms with Crippen molar-refractivity contribution >= 4 is 17.2 Å². The van der Waals surface area contributed by atoms with Crippen LogP contribution in [0.5, 0.6) is 0 Å². The molecule has 0 spiro atoms. The van der Waals surface area contributed by atoms with Crippen molar-refractivity contribution in [1.29, 1.82) is 0 Å². The molecule has 0 saturated carbocycles. The van der Waals surface area contributed by atoms with Crippen LogP contribution < -0.4 is 5.32 Å². The fourth-order valence-electron chi connectivity index (χ4n) is 4.23. The summed E-state index contributed by atoms with van der Waals surface area (Å²) in [4.78, 5) is 16.3. The zero-order valence-corrected chi connectivity index (χ0v) is 15.7. The van der Waals surface area contributed by atoms with E-state index in [1.54, 1.807) is 18.2 Å². The molecular weight excluding hydrogens is 373 g/mol. The highest BCUT2D eigenvalue weighted by molar-refractivity contribution is 7.17. The number of piperidine rings is 3. The molecule has 1 aromatic heterocycles. The van der Waals surface area contributed by atoms with Crippen LogP contribution in [0.15, 0.2) is 36.4 Å². The molecule has 4 heterocycles. The van der Waals surface area contributed by atoms with Crippen molar-refractivity contribution in [1.82, 2.24) is 10.2 Å². The third kappa shape index (κ3) is 3.62. The summed E-state index contributed by atoms with van der Waals surface area (Å²) in [5.41, 5.74) is -0.203. The molecule has 0 unspecified atom stereocenters. The first kappa shape index (κ1) is 18.5. The van der Waals surface area contributed by atoms with Crippen molar-refractivity contribution in [3.8, 4) is 10.4 Å². The number of halogens is 3. The van der Waals surface area contributed by atoms with E-state index >= 15 is 0 Å².